The van der Waals surface area contributed by atoms with E-state index >= 15 is 0 Å². The van der Waals surface area contributed by atoms with Gasteiger partial charge in [-0.3, -0.25) is 0 Å². The minimum atomic E-state index is -5.39. The first-order valence-corrected chi connectivity index (χ1v) is 35.1. The molecule has 0 aliphatic heterocycles. The molecule has 0 fully saturated rings. The fourth-order valence-electron chi connectivity index (χ4n) is 0. The maximum absolute atomic E-state index is 8.55. The van der Waals surface area contributed by atoms with Crippen molar-refractivity contribution in [2.24, 2.45) is 0 Å². The summed E-state index contributed by atoms with van der Waals surface area (Å²) in [5, 5.41) is 0. The van der Waals surface area contributed by atoms with Crippen molar-refractivity contribution in [1.29, 1.82) is 0 Å². The van der Waals surface area contributed by atoms with Crippen LogP contribution in [0.3, 0.4) is 0 Å². The first-order chi connectivity index (χ1) is 32.0. The molecule has 0 bridgehead atoms. The molecule has 0 heterocycles. The third kappa shape index (κ3) is 12300. The van der Waals surface area contributed by atoms with Crippen LogP contribution < -0.4 is 235 Å². The maximum Gasteiger partial charge on any atom is 4.00 e. The van der Waals surface area contributed by atoms with Gasteiger partial charge in [0.25, 0.3) is 0 Å². The summed E-state index contributed by atoms with van der Waals surface area (Å²) in [5.41, 5.74) is 0. The first-order valence-electron chi connectivity index (χ1n) is 11.7. The number of rotatable bonds is 0. The molecular formula is O64P16Sn8-16. The van der Waals surface area contributed by atoms with Gasteiger partial charge in [-0.25, -0.2) is 0 Å². The smallest absolute Gasteiger partial charge is 0.822 e. The van der Waals surface area contributed by atoms with Gasteiger partial charge in [0, 0.05) is 0 Å². The second kappa shape index (κ2) is 77.8. The Balaban J connectivity index is -0.0000000224. The van der Waals surface area contributed by atoms with Crippen molar-refractivity contribution in [2.75, 3.05) is 0 Å². The van der Waals surface area contributed by atoms with Gasteiger partial charge in [0.15, 0.2) is 0 Å². The SMILES string of the molecule is O=P([O-])([O-])[O-].O=P([O-])([O-])[O-].O=P([O-])([O-])[O-].O=P([O-])([O-])[O-].O=P([O-])([O-])[O-].O=P([O-])([O-])[O-].O=P([O-])([O-])[O-].O=P([O-])([O-])[O-].O=P([O-])([O-])[O-].O=P([O-])([O-])[O-].O=P([O-])([O-])[O-].O=P([O-])([O-])[O-].O=P([O-])([O-])[O-].O=P([O-])([O-])[O-].O=P([O-])([O-])[O-].O=P([O-])([O-])[O-].[Sn+4].[Sn+4].[Sn+4].[Sn+4].[Sn+4].[Sn+4].[Sn+4].[Sn+4]. The molecule has 0 aliphatic carbocycles. The molecule has 0 amide bonds. The third-order valence-electron chi connectivity index (χ3n) is 0. The van der Waals surface area contributed by atoms with E-state index in [0.717, 1.165) is 0 Å². The Morgan fingerprint density at radius 3 is 0.0795 bits per heavy atom. The average Bonchev–Trinajstić information content (AvgIpc) is 2.70. The van der Waals surface area contributed by atoms with E-state index in [1.807, 2.05) is 0 Å². The van der Waals surface area contributed by atoms with Crippen LogP contribution in [-0.4, -0.2) is 191 Å². The molecule has 512 valence electrons. The molecule has 0 aromatic carbocycles. The second-order valence-electron chi connectivity index (χ2n) is 7.16. The standard InChI is InChI=1S/16H3O4P.8Sn/c16*1-5(2,3)4;;;;;;;;/h16*(H3,1,2,3,4);;;;;;;;/q;;;;;;;;;;;;;;;;8*+4/p-48. The summed E-state index contributed by atoms with van der Waals surface area (Å²) >= 11 is 0. The monoisotopic (exact) mass is 2480 g/mol. The predicted octanol–water partition coefficient (Wildman–Crippen LogP) is -48.2. The summed E-state index contributed by atoms with van der Waals surface area (Å²) in [6.45, 7) is 0. The van der Waals surface area contributed by atoms with Gasteiger partial charge in [-0.2, -0.15) is 125 Å². The molecule has 64 nitrogen and oxygen atoms in total. The van der Waals surface area contributed by atoms with E-state index in [9.17, 15) is 0 Å². The van der Waals surface area contributed by atoms with E-state index < -0.39 is 125 Å². The minimum absolute atomic E-state index is 0. The van der Waals surface area contributed by atoms with Crippen LogP contribution in [0.5, 0.6) is 0 Å². The fraction of sp³-hybridized carbons (Fsp3) is 0. The molecule has 88 heavy (non-hydrogen) atoms. The summed E-state index contributed by atoms with van der Waals surface area (Å²) in [7, 11) is -86.2. The van der Waals surface area contributed by atoms with Crippen molar-refractivity contribution in [2.45, 2.75) is 0 Å². The summed E-state index contributed by atoms with van der Waals surface area (Å²) in [4.78, 5) is 410. The first kappa shape index (κ1) is 167. The van der Waals surface area contributed by atoms with E-state index in [1.165, 1.54) is 0 Å². The number of phosphoric acid groups is 16. The van der Waals surface area contributed by atoms with Gasteiger partial charge in [0.1, 0.15) is 0 Å². The van der Waals surface area contributed by atoms with Gasteiger partial charge < -0.3 is 308 Å². The summed E-state index contributed by atoms with van der Waals surface area (Å²) < 4.78 is 137. The fourth-order valence-corrected chi connectivity index (χ4v) is 0. The zero-order valence-corrected chi connectivity index (χ0v) is 74.4. The van der Waals surface area contributed by atoms with Gasteiger partial charge in [0.2, 0.25) is 0 Å². The minimum Gasteiger partial charge on any atom is -0.822 e. The van der Waals surface area contributed by atoms with Crippen LogP contribution >= 0.6 is 125 Å². The van der Waals surface area contributed by atoms with E-state index in [4.69, 9.17) is 308 Å². The molecule has 88 heteroatoms. The molecule has 0 spiro atoms. The number of hydrogen-bond acceptors (Lipinski definition) is 64. The van der Waals surface area contributed by atoms with E-state index in [0.29, 0.717) is 0 Å². The Morgan fingerprint density at radius 1 is 0.0795 bits per heavy atom. The van der Waals surface area contributed by atoms with E-state index in [-0.39, 0.29) is 191 Å². The average molecular weight is 2470 g/mol. The van der Waals surface area contributed by atoms with Crippen LogP contribution in [0.2, 0.25) is 0 Å². The predicted molar refractivity (Wildman–Crippen MR) is 168 cm³/mol. The van der Waals surface area contributed by atoms with Gasteiger partial charge in [0.05, 0.1) is 0 Å². The zero-order chi connectivity index (χ0) is 72.0. The maximum atomic E-state index is 8.55. The van der Waals surface area contributed by atoms with Crippen molar-refractivity contribution in [1.82, 2.24) is 0 Å². The van der Waals surface area contributed by atoms with Gasteiger partial charge in [-0.1, -0.05) is 0 Å². The van der Waals surface area contributed by atoms with Crippen LogP contribution in [0.4, 0.5) is 0 Å². The number of hydrogen-bond donors (Lipinski definition) is 0. The molecular weight excluding hydrogens is 2470 g/mol. The molecule has 0 saturated carbocycles. The Labute approximate surface area is 617 Å². The Bertz CT molecular complexity index is 1480. The summed E-state index contributed by atoms with van der Waals surface area (Å²) in [5.74, 6) is 0. The van der Waals surface area contributed by atoms with Gasteiger partial charge in [-0.05, 0) is 0 Å². The molecule has 0 saturated heterocycles. The Morgan fingerprint density at radius 2 is 0.0795 bits per heavy atom. The van der Waals surface area contributed by atoms with Crippen molar-refractivity contribution in [3.05, 3.63) is 0 Å². The van der Waals surface area contributed by atoms with Gasteiger partial charge >= 0.3 is 191 Å². The largest absolute Gasteiger partial charge is 4.00 e. The quantitative estimate of drug-likeness (QED) is 0.160. The van der Waals surface area contributed by atoms with Crippen LogP contribution in [0.15, 0.2) is 0 Å². The van der Waals surface area contributed by atoms with Crippen molar-refractivity contribution in [3.63, 3.8) is 0 Å². The van der Waals surface area contributed by atoms with Gasteiger partial charge in [-0.15, -0.1) is 0 Å². The van der Waals surface area contributed by atoms with Crippen LogP contribution in [0, 0.1) is 0 Å². The zero-order valence-electron chi connectivity index (χ0n) is 37.3. The Kier molecular flexibility index (Phi) is 148. The second-order valence-corrected chi connectivity index (χ2v) is 21.5. The van der Waals surface area contributed by atoms with Crippen molar-refractivity contribution >= 4 is 316 Å². The molecule has 0 aromatic rings. The third-order valence-corrected chi connectivity index (χ3v) is 0. The van der Waals surface area contributed by atoms with Crippen molar-refractivity contribution < 1.29 is 308 Å². The summed E-state index contributed by atoms with van der Waals surface area (Å²) in [6.07, 6.45) is 0. The molecule has 0 aromatic heterocycles. The Hall–Kier alpha value is 8.15. The molecule has 0 unspecified atom stereocenters. The normalized spacial score (nSPS) is 10.7. The summed E-state index contributed by atoms with van der Waals surface area (Å²) in [6, 6.07) is 0. The topological polar surface area (TPSA) is 1380 Å². The van der Waals surface area contributed by atoms with Crippen LogP contribution in [0.25, 0.3) is 0 Å². The molecule has 0 rings (SSSR count). The van der Waals surface area contributed by atoms with E-state index in [2.05, 4.69) is 0 Å². The molecule has 0 radical (unpaired) electrons. The molecule has 0 atom stereocenters. The molecule has 0 N–H and O–H groups in total. The van der Waals surface area contributed by atoms with Crippen LogP contribution in [-0.2, 0) is 73.0 Å². The van der Waals surface area contributed by atoms with Crippen molar-refractivity contribution in [3.8, 4) is 0 Å². The van der Waals surface area contributed by atoms with Crippen LogP contribution in [0.1, 0.15) is 0 Å². The van der Waals surface area contributed by atoms with E-state index in [1.54, 1.807) is 0 Å². The molecule has 0 aliphatic rings.